The zero-order valence-corrected chi connectivity index (χ0v) is 17.4. The highest BCUT2D eigenvalue weighted by Gasteiger charge is 2.29. The second-order valence-electron chi connectivity index (χ2n) is 6.54. The van der Waals surface area contributed by atoms with Crippen LogP contribution in [-0.2, 0) is 4.79 Å². The first kappa shape index (κ1) is 19.7. The summed E-state index contributed by atoms with van der Waals surface area (Å²) in [7, 11) is 1.56. The maximum Gasteiger partial charge on any atom is 0.352 e. The summed E-state index contributed by atoms with van der Waals surface area (Å²) in [5, 5.41) is 19.5. The van der Waals surface area contributed by atoms with Gasteiger partial charge in [0.05, 0.1) is 19.3 Å². The normalized spacial score (nSPS) is 14.9. The lowest BCUT2D eigenvalue weighted by molar-refractivity contribution is -0.132. The number of nitrogens with zero attached hydrogens (tertiary/aromatic N) is 2. The number of carboxylic acid groups (broad SMARTS) is 1. The van der Waals surface area contributed by atoms with Gasteiger partial charge in [0.25, 0.3) is 5.91 Å². The molecular formula is C21H17BrN4O4. The summed E-state index contributed by atoms with van der Waals surface area (Å²) < 4.78 is 7.62. The number of carboxylic acids is 1. The Morgan fingerprint density at radius 2 is 1.87 bits per heavy atom. The Labute approximate surface area is 180 Å². The van der Waals surface area contributed by atoms with E-state index in [2.05, 4.69) is 31.7 Å². The summed E-state index contributed by atoms with van der Waals surface area (Å²) >= 11 is 3.39. The predicted molar refractivity (Wildman–Crippen MR) is 115 cm³/mol. The Kier molecular flexibility index (Phi) is 5.28. The van der Waals surface area contributed by atoms with Gasteiger partial charge in [-0.3, -0.25) is 4.79 Å². The Morgan fingerprint density at radius 1 is 1.17 bits per heavy atom. The maximum atomic E-state index is 12.9. The average Bonchev–Trinajstić information content (AvgIpc) is 3.18. The molecule has 2 aromatic carbocycles. The molecule has 1 aliphatic heterocycles. The third kappa shape index (κ3) is 3.79. The molecule has 0 saturated heterocycles. The molecule has 1 aliphatic rings. The van der Waals surface area contributed by atoms with Gasteiger partial charge in [-0.05, 0) is 48.0 Å². The monoisotopic (exact) mass is 468 g/mol. The van der Waals surface area contributed by atoms with Crippen molar-refractivity contribution in [2.45, 2.75) is 6.04 Å². The molecule has 8 nitrogen and oxygen atoms in total. The fourth-order valence-corrected chi connectivity index (χ4v) is 3.42. The summed E-state index contributed by atoms with van der Waals surface area (Å²) in [5.41, 5.74) is 1.63. The van der Waals surface area contributed by atoms with Gasteiger partial charge < -0.3 is 20.5 Å². The molecule has 1 unspecified atom stereocenters. The number of carbonyl (C=O) groups is 2. The second-order valence-corrected chi connectivity index (χ2v) is 7.46. The molecule has 0 saturated carbocycles. The number of methoxy groups -OCH3 is 1. The number of fused-ring (bicyclic) bond motifs is 1. The lowest BCUT2D eigenvalue weighted by Crippen LogP contribution is -2.25. The Morgan fingerprint density at radius 3 is 2.50 bits per heavy atom. The third-order valence-corrected chi connectivity index (χ3v) is 5.20. The van der Waals surface area contributed by atoms with E-state index in [0.29, 0.717) is 17.3 Å². The summed E-state index contributed by atoms with van der Waals surface area (Å²) in [6.07, 6.45) is 2.99. The number of allylic oxidation sites excluding steroid dienone is 1. The van der Waals surface area contributed by atoms with Crippen molar-refractivity contribution in [3.63, 3.8) is 0 Å². The summed E-state index contributed by atoms with van der Waals surface area (Å²) in [4.78, 5) is 24.5. The standard InChI is InChI=1S/C21H17BrN4O4/c1-30-15-8-6-14(7-9-15)24-20(27)16-11-23-26-18(12-2-4-13(22)5-3-12)10-17(21(28)29)25-19(16)26/h2-11,18,25H,1H3,(H,24,27)(H,28,29). The van der Waals surface area contributed by atoms with Crippen LogP contribution >= 0.6 is 15.9 Å². The fourth-order valence-electron chi connectivity index (χ4n) is 3.16. The minimum atomic E-state index is -1.12. The third-order valence-electron chi connectivity index (χ3n) is 4.67. The van der Waals surface area contributed by atoms with Crippen LogP contribution in [0.15, 0.2) is 71.0 Å². The molecule has 0 aliphatic carbocycles. The van der Waals surface area contributed by atoms with Crippen LogP contribution in [0, 0.1) is 0 Å². The molecule has 3 N–H and O–H groups in total. The Hall–Kier alpha value is -3.59. The van der Waals surface area contributed by atoms with E-state index in [1.807, 2.05) is 24.3 Å². The molecule has 0 fully saturated rings. The van der Waals surface area contributed by atoms with E-state index in [0.717, 1.165) is 10.0 Å². The van der Waals surface area contributed by atoms with Crippen molar-refractivity contribution in [3.05, 3.63) is 82.1 Å². The largest absolute Gasteiger partial charge is 0.497 e. The highest BCUT2D eigenvalue weighted by atomic mass is 79.9. The first-order valence-corrected chi connectivity index (χ1v) is 9.76. The van der Waals surface area contributed by atoms with E-state index in [1.54, 1.807) is 42.1 Å². The van der Waals surface area contributed by atoms with Crippen LogP contribution in [0.25, 0.3) is 0 Å². The number of nitrogens with one attached hydrogen (secondary N) is 2. The van der Waals surface area contributed by atoms with Crippen molar-refractivity contribution < 1.29 is 19.4 Å². The van der Waals surface area contributed by atoms with Crippen LogP contribution in [0.3, 0.4) is 0 Å². The van der Waals surface area contributed by atoms with Crippen molar-refractivity contribution in [1.82, 2.24) is 9.78 Å². The molecule has 2 heterocycles. The molecule has 1 amide bonds. The number of carbonyl (C=O) groups excluding carboxylic acids is 1. The highest BCUT2D eigenvalue weighted by molar-refractivity contribution is 9.10. The van der Waals surface area contributed by atoms with E-state index in [1.165, 1.54) is 6.20 Å². The van der Waals surface area contributed by atoms with Gasteiger partial charge in [0.1, 0.15) is 22.8 Å². The Balaban J connectivity index is 1.68. The lowest BCUT2D eigenvalue weighted by atomic mass is 10.0. The van der Waals surface area contributed by atoms with Crippen LogP contribution in [-0.4, -0.2) is 33.9 Å². The molecule has 3 aromatic rings. The topological polar surface area (TPSA) is 105 Å². The molecule has 1 atom stereocenters. The molecule has 0 spiro atoms. The predicted octanol–water partition coefficient (Wildman–Crippen LogP) is 3.89. The molecule has 1 aromatic heterocycles. The van der Waals surface area contributed by atoms with Gasteiger partial charge in [-0.25, -0.2) is 9.48 Å². The molecule has 0 bridgehead atoms. The number of aromatic nitrogens is 2. The fraction of sp³-hybridized carbons (Fsp3) is 0.0952. The average molecular weight is 469 g/mol. The van der Waals surface area contributed by atoms with Gasteiger partial charge in [-0.15, -0.1) is 0 Å². The molecule has 152 valence electrons. The number of amides is 1. The maximum absolute atomic E-state index is 12.9. The minimum Gasteiger partial charge on any atom is -0.497 e. The van der Waals surface area contributed by atoms with Crippen molar-refractivity contribution >= 4 is 39.3 Å². The van der Waals surface area contributed by atoms with Crippen LogP contribution in [0.5, 0.6) is 5.75 Å². The number of hydrogen-bond donors (Lipinski definition) is 3. The van der Waals surface area contributed by atoms with Gasteiger partial charge in [0, 0.05) is 10.2 Å². The minimum absolute atomic E-state index is 0.0191. The number of anilines is 2. The van der Waals surface area contributed by atoms with Gasteiger partial charge in [0.2, 0.25) is 0 Å². The Bertz CT molecular complexity index is 1140. The lowest BCUT2D eigenvalue weighted by Gasteiger charge is -2.24. The van der Waals surface area contributed by atoms with E-state index in [4.69, 9.17) is 4.74 Å². The molecule has 30 heavy (non-hydrogen) atoms. The highest BCUT2D eigenvalue weighted by Crippen LogP contribution is 2.33. The first-order chi connectivity index (χ1) is 14.5. The number of aliphatic carboxylic acids is 1. The summed E-state index contributed by atoms with van der Waals surface area (Å²) in [6.45, 7) is 0. The number of hydrogen-bond acceptors (Lipinski definition) is 5. The molecular weight excluding hydrogens is 452 g/mol. The number of ether oxygens (including phenoxy) is 1. The smallest absolute Gasteiger partial charge is 0.352 e. The van der Waals surface area contributed by atoms with Crippen LogP contribution in [0.4, 0.5) is 11.5 Å². The molecule has 4 rings (SSSR count). The number of benzene rings is 2. The van der Waals surface area contributed by atoms with Crippen LogP contribution in [0.1, 0.15) is 22.0 Å². The van der Waals surface area contributed by atoms with Gasteiger partial charge in [-0.2, -0.15) is 5.10 Å². The zero-order valence-electron chi connectivity index (χ0n) is 15.8. The zero-order chi connectivity index (χ0) is 21.3. The molecule has 0 radical (unpaired) electrons. The second kappa shape index (κ2) is 8.03. The van der Waals surface area contributed by atoms with E-state index in [9.17, 15) is 14.7 Å². The van der Waals surface area contributed by atoms with Gasteiger partial charge >= 0.3 is 5.97 Å². The van der Waals surface area contributed by atoms with E-state index < -0.39 is 17.9 Å². The summed E-state index contributed by atoms with van der Waals surface area (Å²) in [6, 6.07) is 13.9. The van der Waals surface area contributed by atoms with Crippen LogP contribution in [0.2, 0.25) is 0 Å². The summed E-state index contributed by atoms with van der Waals surface area (Å²) in [5.74, 6) is -0.541. The first-order valence-electron chi connectivity index (χ1n) is 8.97. The van der Waals surface area contributed by atoms with Crippen molar-refractivity contribution in [2.24, 2.45) is 0 Å². The van der Waals surface area contributed by atoms with Gasteiger partial charge in [-0.1, -0.05) is 28.1 Å². The quantitative estimate of drug-likeness (QED) is 0.524. The van der Waals surface area contributed by atoms with Crippen molar-refractivity contribution in [1.29, 1.82) is 0 Å². The van der Waals surface area contributed by atoms with Crippen molar-refractivity contribution in [2.75, 3.05) is 17.7 Å². The van der Waals surface area contributed by atoms with Crippen LogP contribution < -0.4 is 15.4 Å². The van der Waals surface area contributed by atoms with Gasteiger partial charge in [0.15, 0.2) is 0 Å². The van der Waals surface area contributed by atoms with Crippen molar-refractivity contribution in [3.8, 4) is 5.75 Å². The SMILES string of the molecule is COc1ccc(NC(=O)c2cnn3c2NC(C(=O)O)=CC3c2ccc(Br)cc2)cc1. The molecule has 9 heteroatoms. The van der Waals surface area contributed by atoms with E-state index >= 15 is 0 Å². The van der Waals surface area contributed by atoms with E-state index in [-0.39, 0.29) is 11.3 Å². The number of halogens is 1. The number of rotatable bonds is 5.